The minimum atomic E-state index is -0.000661. The molecule has 2 aromatic rings. The molecule has 1 N–H and O–H groups in total. The standard InChI is InChI=1S/C18H23ClN6O.ClH/c19-15-4-2-7-21-17(15)23-9-11-24(12-10-23)18(26)16-5-8-25(22-16)14-3-1-6-20-13-14;/h2,4-5,7-8,14,20H,1,3,6,9-13H2;1H. The van der Waals surface area contributed by atoms with Crippen molar-refractivity contribution in [1.29, 1.82) is 0 Å². The smallest absolute Gasteiger partial charge is 0.274 e. The van der Waals surface area contributed by atoms with E-state index in [1.807, 2.05) is 34.0 Å². The number of nitrogens with zero attached hydrogens (tertiary/aromatic N) is 5. The molecule has 7 nitrogen and oxygen atoms in total. The molecule has 9 heteroatoms. The van der Waals surface area contributed by atoms with Crippen LogP contribution in [0.1, 0.15) is 29.4 Å². The second kappa shape index (κ2) is 8.91. The van der Waals surface area contributed by atoms with E-state index in [-0.39, 0.29) is 18.3 Å². The van der Waals surface area contributed by atoms with Gasteiger partial charge in [0.2, 0.25) is 0 Å². The van der Waals surface area contributed by atoms with Crippen molar-refractivity contribution in [2.24, 2.45) is 0 Å². The monoisotopic (exact) mass is 410 g/mol. The molecule has 0 spiro atoms. The molecule has 1 amide bonds. The third-order valence-electron chi connectivity index (χ3n) is 5.08. The zero-order valence-electron chi connectivity index (χ0n) is 15.1. The summed E-state index contributed by atoms with van der Waals surface area (Å²) in [5.74, 6) is 0.787. The Balaban J connectivity index is 0.00000210. The summed E-state index contributed by atoms with van der Waals surface area (Å²) in [5.41, 5.74) is 0.528. The molecule has 1 unspecified atom stereocenters. The number of amides is 1. The van der Waals surface area contributed by atoms with Gasteiger partial charge in [0.15, 0.2) is 0 Å². The lowest BCUT2D eigenvalue weighted by molar-refractivity contribution is 0.0739. The first-order chi connectivity index (χ1) is 12.7. The highest BCUT2D eigenvalue weighted by atomic mass is 35.5. The summed E-state index contributed by atoms with van der Waals surface area (Å²) in [5, 5.41) is 8.57. The molecule has 4 rings (SSSR count). The highest BCUT2D eigenvalue weighted by Gasteiger charge is 2.26. The van der Waals surface area contributed by atoms with Crippen LogP contribution in [0.25, 0.3) is 0 Å². The predicted molar refractivity (Wildman–Crippen MR) is 108 cm³/mol. The summed E-state index contributed by atoms with van der Waals surface area (Å²) >= 11 is 6.23. The van der Waals surface area contributed by atoms with Crippen molar-refractivity contribution in [3.05, 3.63) is 41.3 Å². The van der Waals surface area contributed by atoms with Gasteiger partial charge in [-0.25, -0.2) is 4.98 Å². The number of halogens is 2. The van der Waals surface area contributed by atoms with E-state index in [1.165, 1.54) is 0 Å². The van der Waals surface area contributed by atoms with Crippen LogP contribution in [-0.4, -0.2) is 64.8 Å². The summed E-state index contributed by atoms with van der Waals surface area (Å²) in [6.07, 6.45) is 5.91. The maximum Gasteiger partial charge on any atom is 0.274 e. The lowest BCUT2D eigenvalue weighted by atomic mass is 10.1. The molecule has 4 heterocycles. The van der Waals surface area contributed by atoms with Gasteiger partial charge in [-0.05, 0) is 37.6 Å². The fraction of sp³-hybridized carbons (Fsp3) is 0.500. The maximum absolute atomic E-state index is 12.8. The minimum absolute atomic E-state index is 0. The molecule has 1 atom stereocenters. The van der Waals surface area contributed by atoms with Crippen molar-refractivity contribution in [3.63, 3.8) is 0 Å². The zero-order chi connectivity index (χ0) is 17.9. The Labute approximate surface area is 170 Å². The summed E-state index contributed by atoms with van der Waals surface area (Å²) in [4.78, 5) is 21.1. The molecular formula is C18H24Cl2N6O. The Morgan fingerprint density at radius 2 is 2.04 bits per heavy atom. The number of hydrogen-bond acceptors (Lipinski definition) is 5. The van der Waals surface area contributed by atoms with Crippen LogP contribution in [0.15, 0.2) is 30.6 Å². The average Bonchev–Trinajstić information content (AvgIpc) is 3.19. The van der Waals surface area contributed by atoms with Gasteiger partial charge < -0.3 is 15.1 Å². The molecular weight excluding hydrogens is 387 g/mol. The number of rotatable bonds is 3. The molecule has 2 aliphatic heterocycles. The van der Waals surface area contributed by atoms with Crippen LogP contribution in [0, 0.1) is 0 Å². The molecule has 0 bridgehead atoms. The Morgan fingerprint density at radius 3 is 2.74 bits per heavy atom. The van der Waals surface area contributed by atoms with Crippen LogP contribution < -0.4 is 10.2 Å². The number of pyridine rings is 1. The fourth-order valence-corrected chi connectivity index (χ4v) is 3.85. The Bertz CT molecular complexity index is 769. The van der Waals surface area contributed by atoms with Crippen LogP contribution >= 0.6 is 24.0 Å². The largest absolute Gasteiger partial charge is 0.352 e. The van der Waals surface area contributed by atoms with Crippen molar-refractivity contribution in [2.45, 2.75) is 18.9 Å². The number of carbonyl (C=O) groups is 1. The van der Waals surface area contributed by atoms with Gasteiger partial charge in [-0.1, -0.05) is 11.6 Å². The number of carbonyl (C=O) groups excluding carboxylic acids is 1. The molecule has 0 radical (unpaired) electrons. The molecule has 0 saturated carbocycles. The second-order valence-electron chi connectivity index (χ2n) is 6.77. The zero-order valence-corrected chi connectivity index (χ0v) is 16.6. The van der Waals surface area contributed by atoms with Crippen molar-refractivity contribution in [3.8, 4) is 0 Å². The Hall–Kier alpha value is -1.83. The summed E-state index contributed by atoms with van der Waals surface area (Å²) < 4.78 is 1.93. The quantitative estimate of drug-likeness (QED) is 0.840. The van der Waals surface area contributed by atoms with Gasteiger partial charge in [-0.2, -0.15) is 5.10 Å². The van der Waals surface area contributed by atoms with Gasteiger partial charge in [0, 0.05) is 45.1 Å². The highest BCUT2D eigenvalue weighted by molar-refractivity contribution is 6.32. The molecule has 146 valence electrons. The predicted octanol–water partition coefficient (Wildman–Crippen LogP) is 2.24. The lowest BCUT2D eigenvalue weighted by Crippen LogP contribution is -2.49. The van der Waals surface area contributed by atoms with Gasteiger partial charge in [0.25, 0.3) is 5.91 Å². The van der Waals surface area contributed by atoms with Crippen LogP contribution in [0.4, 0.5) is 5.82 Å². The molecule has 2 aromatic heterocycles. The molecule has 0 aromatic carbocycles. The number of nitrogens with one attached hydrogen (secondary N) is 1. The number of piperazine rings is 1. The van der Waals surface area contributed by atoms with Gasteiger partial charge in [-0.3, -0.25) is 9.48 Å². The minimum Gasteiger partial charge on any atom is -0.352 e. The molecule has 2 saturated heterocycles. The number of piperidine rings is 1. The summed E-state index contributed by atoms with van der Waals surface area (Å²) in [7, 11) is 0. The van der Waals surface area contributed by atoms with Gasteiger partial charge in [0.1, 0.15) is 11.5 Å². The second-order valence-corrected chi connectivity index (χ2v) is 7.18. The van der Waals surface area contributed by atoms with Crippen LogP contribution in [-0.2, 0) is 0 Å². The Kier molecular flexibility index (Phi) is 6.57. The SMILES string of the molecule is Cl.O=C(c1ccn(C2CCCNC2)n1)N1CCN(c2ncccc2Cl)CC1. The molecule has 2 fully saturated rings. The van der Waals surface area contributed by atoms with E-state index in [0.717, 1.165) is 44.8 Å². The third-order valence-corrected chi connectivity index (χ3v) is 5.37. The summed E-state index contributed by atoms with van der Waals surface area (Å²) in [6.45, 7) is 4.70. The number of hydrogen-bond donors (Lipinski definition) is 1. The van der Waals surface area contributed by atoms with E-state index in [4.69, 9.17) is 11.6 Å². The number of aromatic nitrogens is 3. The van der Waals surface area contributed by atoms with E-state index in [0.29, 0.717) is 29.8 Å². The van der Waals surface area contributed by atoms with E-state index in [9.17, 15) is 4.79 Å². The number of anilines is 1. The van der Waals surface area contributed by atoms with E-state index < -0.39 is 0 Å². The van der Waals surface area contributed by atoms with Crippen LogP contribution in [0.3, 0.4) is 0 Å². The Morgan fingerprint density at radius 1 is 1.22 bits per heavy atom. The lowest BCUT2D eigenvalue weighted by Gasteiger charge is -2.35. The maximum atomic E-state index is 12.8. The van der Waals surface area contributed by atoms with Crippen LogP contribution in [0.5, 0.6) is 0 Å². The fourth-order valence-electron chi connectivity index (χ4n) is 3.61. The van der Waals surface area contributed by atoms with Crippen molar-refractivity contribution < 1.29 is 4.79 Å². The van der Waals surface area contributed by atoms with Gasteiger partial charge >= 0.3 is 0 Å². The molecule has 0 aliphatic carbocycles. The first-order valence-corrected chi connectivity index (χ1v) is 9.51. The molecule has 2 aliphatic rings. The van der Waals surface area contributed by atoms with E-state index in [2.05, 4.69) is 20.3 Å². The van der Waals surface area contributed by atoms with E-state index in [1.54, 1.807) is 6.20 Å². The third kappa shape index (κ3) is 4.36. The molecule has 27 heavy (non-hydrogen) atoms. The normalized spacial score (nSPS) is 20.3. The van der Waals surface area contributed by atoms with Crippen LogP contribution in [0.2, 0.25) is 5.02 Å². The first kappa shape index (κ1) is 19.9. The highest BCUT2D eigenvalue weighted by Crippen LogP contribution is 2.23. The van der Waals surface area contributed by atoms with Gasteiger partial charge in [-0.15, -0.1) is 12.4 Å². The van der Waals surface area contributed by atoms with Gasteiger partial charge in [0.05, 0.1) is 11.1 Å². The summed E-state index contributed by atoms with van der Waals surface area (Å²) in [6, 6.07) is 5.84. The van der Waals surface area contributed by atoms with Crippen molar-refractivity contribution in [1.82, 2.24) is 25.0 Å². The topological polar surface area (TPSA) is 66.3 Å². The average molecular weight is 411 g/mol. The van der Waals surface area contributed by atoms with E-state index >= 15 is 0 Å². The van der Waals surface area contributed by atoms with Crippen molar-refractivity contribution in [2.75, 3.05) is 44.2 Å². The first-order valence-electron chi connectivity index (χ1n) is 9.13. The van der Waals surface area contributed by atoms with Crippen molar-refractivity contribution >= 4 is 35.7 Å².